The average Bonchev–Trinajstić information content (AvgIpc) is 2.31. The van der Waals surface area contributed by atoms with Crippen LogP contribution in [0.3, 0.4) is 0 Å². The summed E-state index contributed by atoms with van der Waals surface area (Å²) in [5.74, 6) is 0. The largest absolute Gasteiger partial charge is 0.390 e. The monoisotopic (exact) mass is 142 g/mol. The molecule has 2 atom stereocenters. The lowest BCUT2D eigenvalue weighted by molar-refractivity contribution is -0.00618. The van der Waals surface area contributed by atoms with Gasteiger partial charge in [-0.1, -0.05) is 6.08 Å². The Labute approximate surface area is 61.5 Å². The van der Waals surface area contributed by atoms with Crippen LogP contribution in [0.25, 0.3) is 0 Å². The van der Waals surface area contributed by atoms with Crippen molar-refractivity contribution >= 4 is 0 Å². The van der Waals surface area contributed by atoms with Crippen molar-refractivity contribution in [3.05, 3.63) is 12.7 Å². The maximum Gasteiger partial charge on any atom is 0.0838 e. The van der Waals surface area contributed by atoms with E-state index in [2.05, 4.69) is 6.58 Å². The molecule has 0 radical (unpaired) electrons. The van der Waals surface area contributed by atoms with Gasteiger partial charge in [-0.25, -0.2) is 0 Å². The van der Waals surface area contributed by atoms with Gasteiger partial charge >= 0.3 is 0 Å². The molecule has 2 heteroatoms. The van der Waals surface area contributed by atoms with Crippen molar-refractivity contribution in [2.75, 3.05) is 6.61 Å². The molecular formula is C8H14O2. The van der Waals surface area contributed by atoms with Gasteiger partial charge in [0.15, 0.2) is 0 Å². The van der Waals surface area contributed by atoms with Crippen LogP contribution in [0.4, 0.5) is 0 Å². The molecule has 0 bridgehead atoms. The summed E-state index contributed by atoms with van der Waals surface area (Å²) in [5, 5.41) is 9.26. The second kappa shape index (κ2) is 3.74. The van der Waals surface area contributed by atoms with Crippen molar-refractivity contribution < 1.29 is 9.84 Å². The SMILES string of the molecule is C=CCO[C@@H]1CCC[C@H]1O. The lowest BCUT2D eigenvalue weighted by Crippen LogP contribution is -2.22. The third kappa shape index (κ3) is 1.82. The summed E-state index contributed by atoms with van der Waals surface area (Å²) in [6, 6.07) is 0. The van der Waals surface area contributed by atoms with Crippen LogP contribution in [-0.2, 0) is 4.74 Å². The normalized spacial score (nSPS) is 32.5. The van der Waals surface area contributed by atoms with Gasteiger partial charge in [-0.05, 0) is 19.3 Å². The first kappa shape index (κ1) is 7.76. The van der Waals surface area contributed by atoms with Gasteiger partial charge in [0.2, 0.25) is 0 Å². The fourth-order valence-electron chi connectivity index (χ4n) is 1.29. The minimum Gasteiger partial charge on any atom is -0.390 e. The molecule has 1 aliphatic rings. The standard InChI is InChI=1S/C8H14O2/c1-2-6-10-8-5-3-4-7(8)9/h2,7-9H,1,3-6H2/t7-,8-/m1/s1. The highest BCUT2D eigenvalue weighted by Gasteiger charge is 2.24. The van der Waals surface area contributed by atoms with Crippen LogP contribution in [0.15, 0.2) is 12.7 Å². The van der Waals surface area contributed by atoms with Gasteiger partial charge in [-0.15, -0.1) is 6.58 Å². The van der Waals surface area contributed by atoms with Crippen molar-refractivity contribution in [1.29, 1.82) is 0 Å². The first-order valence-electron chi connectivity index (χ1n) is 3.75. The van der Waals surface area contributed by atoms with Gasteiger partial charge in [0, 0.05) is 0 Å². The van der Waals surface area contributed by atoms with Crippen LogP contribution in [0, 0.1) is 0 Å². The van der Waals surface area contributed by atoms with Gasteiger partial charge in [-0.3, -0.25) is 0 Å². The molecule has 0 heterocycles. The van der Waals surface area contributed by atoms with Crippen molar-refractivity contribution in [2.24, 2.45) is 0 Å². The number of hydrogen-bond donors (Lipinski definition) is 1. The van der Waals surface area contributed by atoms with Crippen LogP contribution in [0.1, 0.15) is 19.3 Å². The second-order valence-corrected chi connectivity index (χ2v) is 2.66. The topological polar surface area (TPSA) is 29.5 Å². The summed E-state index contributed by atoms with van der Waals surface area (Å²) < 4.78 is 5.30. The summed E-state index contributed by atoms with van der Waals surface area (Å²) >= 11 is 0. The Morgan fingerprint density at radius 2 is 2.40 bits per heavy atom. The Hall–Kier alpha value is -0.340. The zero-order chi connectivity index (χ0) is 7.40. The van der Waals surface area contributed by atoms with Crippen LogP contribution >= 0.6 is 0 Å². The Morgan fingerprint density at radius 3 is 2.90 bits per heavy atom. The molecule has 0 amide bonds. The van der Waals surface area contributed by atoms with Crippen molar-refractivity contribution in [3.8, 4) is 0 Å². The molecule has 1 N–H and O–H groups in total. The average molecular weight is 142 g/mol. The van der Waals surface area contributed by atoms with Gasteiger partial charge in [-0.2, -0.15) is 0 Å². The minimum atomic E-state index is -0.236. The smallest absolute Gasteiger partial charge is 0.0838 e. The second-order valence-electron chi connectivity index (χ2n) is 2.66. The molecular weight excluding hydrogens is 128 g/mol. The molecule has 1 fully saturated rings. The lowest BCUT2D eigenvalue weighted by atomic mass is 10.3. The molecule has 58 valence electrons. The maximum absolute atomic E-state index is 9.26. The molecule has 0 aromatic carbocycles. The summed E-state index contributed by atoms with van der Waals surface area (Å²) in [6.07, 6.45) is 4.52. The van der Waals surface area contributed by atoms with E-state index in [0.717, 1.165) is 19.3 Å². The summed E-state index contributed by atoms with van der Waals surface area (Å²) in [6.45, 7) is 4.10. The zero-order valence-electron chi connectivity index (χ0n) is 6.12. The fourth-order valence-corrected chi connectivity index (χ4v) is 1.29. The Kier molecular flexibility index (Phi) is 2.90. The van der Waals surface area contributed by atoms with Crippen molar-refractivity contribution in [2.45, 2.75) is 31.5 Å². The number of ether oxygens (including phenoxy) is 1. The van der Waals surface area contributed by atoms with Gasteiger partial charge in [0.25, 0.3) is 0 Å². The number of aliphatic hydroxyl groups excluding tert-OH is 1. The van der Waals surface area contributed by atoms with E-state index >= 15 is 0 Å². The van der Waals surface area contributed by atoms with Crippen molar-refractivity contribution in [3.63, 3.8) is 0 Å². The molecule has 1 saturated carbocycles. The van der Waals surface area contributed by atoms with Crippen LogP contribution in [0.5, 0.6) is 0 Å². The molecule has 0 aliphatic heterocycles. The molecule has 0 spiro atoms. The number of hydrogen-bond acceptors (Lipinski definition) is 2. The maximum atomic E-state index is 9.26. The van der Waals surface area contributed by atoms with Crippen molar-refractivity contribution in [1.82, 2.24) is 0 Å². The predicted octanol–water partition coefficient (Wildman–Crippen LogP) is 1.10. The highest BCUT2D eigenvalue weighted by atomic mass is 16.5. The van der Waals surface area contributed by atoms with Gasteiger partial charge in [0.05, 0.1) is 18.8 Å². The number of aliphatic hydroxyl groups is 1. The third-order valence-corrected chi connectivity index (χ3v) is 1.85. The summed E-state index contributed by atoms with van der Waals surface area (Å²) in [5.41, 5.74) is 0. The Morgan fingerprint density at radius 1 is 1.60 bits per heavy atom. The Bertz CT molecular complexity index is 112. The lowest BCUT2D eigenvalue weighted by Gasteiger charge is -2.13. The van der Waals surface area contributed by atoms with E-state index in [0.29, 0.717) is 6.61 Å². The minimum absolute atomic E-state index is 0.0676. The molecule has 0 saturated heterocycles. The predicted molar refractivity (Wildman–Crippen MR) is 39.8 cm³/mol. The first-order chi connectivity index (χ1) is 4.84. The van der Waals surface area contributed by atoms with Crippen LogP contribution in [-0.4, -0.2) is 23.9 Å². The quantitative estimate of drug-likeness (QED) is 0.598. The van der Waals surface area contributed by atoms with E-state index in [9.17, 15) is 5.11 Å². The summed E-state index contributed by atoms with van der Waals surface area (Å²) in [7, 11) is 0. The molecule has 1 aliphatic carbocycles. The third-order valence-electron chi connectivity index (χ3n) is 1.85. The molecule has 10 heavy (non-hydrogen) atoms. The highest BCUT2D eigenvalue weighted by molar-refractivity contribution is 4.78. The fraction of sp³-hybridized carbons (Fsp3) is 0.750. The molecule has 0 aromatic rings. The number of rotatable bonds is 3. The van der Waals surface area contributed by atoms with E-state index < -0.39 is 0 Å². The molecule has 0 aromatic heterocycles. The van der Waals surface area contributed by atoms with E-state index in [4.69, 9.17) is 4.74 Å². The van der Waals surface area contributed by atoms with Crippen LogP contribution < -0.4 is 0 Å². The van der Waals surface area contributed by atoms with Gasteiger partial charge < -0.3 is 9.84 Å². The van der Waals surface area contributed by atoms with E-state index in [1.807, 2.05) is 0 Å². The van der Waals surface area contributed by atoms with E-state index in [-0.39, 0.29) is 12.2 Å². The van der Waals surface area contributed by atoms with Gasteiger partial charge in [0.1, 0.15) is 0 Å². The molecule has 2 nitrogen and oxygen atoms in total. The zero-order valence-corrected chi connectivity index (χ0v) is 6.12. The molecule has 0 unspecified atom stereocenters. The Balaban J connectivity index is 2.19. The van der Waals surface area contributed by atoms with E-state index in [1.165, 1.54) is 0 Å². The van der Waals surface area contributed by atoms with E-state index in [1.54, 1.807) is 6.08 Å². The molecule has 1 rings (SSSR count). The highest BCUT2D eigenvalue weighted by Crippen LogP contribution is 2.21. The van der Waals surface area contributed by atoms with Crippen LogP contribution in [0.2, 0.25) is 0 Å². The summed E-state index contributed by atoms with van der Waals surface area (Å²) in [4.78, 5) is 0. The first-order valence-corrected chi connectivity index (χ1v) is 3.75.